The number of carbonyl (C=O) groups is 2. The van der Waals surface area contributed by atoms with Crippen LogP contribution in [-0.2, 0) is 11.2 Å². The lowest BCUT2D eigenvalue weighted by molar-refractivity contribution is 0.0137. The molecule has 4 rings (SSSR count). The fourth-order valence-corrected chi connectivity index (χ4v) is 4.30. The maximum atomic E-state index is 12.2. The Morgan fingerprint density at radius 2 is 1.62 bits per heavy atom. The number of ether oxygens (including phenoxy) is 2. The first-order chi connectivity index (χ1) is 18.6. The van der Waals surface area contributed by atoms with Gasteiger partial charge in [0.1, 0.15) is 18.0 Å². The molecule has 1 aromatic heterocycles. The highest BCUT2D eigenvalue weighted by Crippen LogP contribution is 2.24. The zero-order chi connectivity index (χ0) is 28.0. The summed E-state index contributed by atoms with van der Waals surface area (Å²) in [6.07, 6.45) is 0.526. The van der Waals surface area contributed by atoms with Crippen molar-refractivity contribution in [3.05, 3.63) is 71.0 Å². The monoisotopic (exact) mass is 535 g/mol. The number of piperazine rings is 1. The summed E-state index contributed by atoms with van der Waals surface area (Å²) in [5.41, 5.74) is 3.73. The highest BCUT2D eigenvalue weighted by atomic mass is 16.6. The number of aromatic nitrogens is 2. The second kappa shape index (κ2) is 12.2. The molecule has 0 atom stereocenters. The lowest BCUT2D eigenvalue weighted by atomic mass is 10.0. The second-order valence-corrected chi connectivity index (χ2v) is 10.7. The third-order valence-corrected chi connectivity index (χ3v) is 6.40. The normalized spacial score (nSPS) is 14.2. The Hall–Kier alpha value is -4.05. The Bertz CT molecular complexity index is 1260. The first-order valence-electron chi connectivity index (χ1n) is 13.1. The van der Waals surface area contributed by atoms with Gasteiger partial charge in [-0.05, 0) is 69.5 Å². The highest BCUT2D eigenvalue weighted by Gasteiger charge is 2.25. The van der Waals surface area contributed by atoms with E-state index in [2.05, 4.69) is 32.5 Å². The zero-order valence-corrected chi connectivity index (χ0v) is 23.0. The Morgan fingerprint density at radius 3 is 2.21 bits per heavy atom. The molecule has 0 spiro atoms. The van der Waals surface area contributed by atoms with Gasteiger partial charge in [0.25, 0.3) is 0 Å². The molecule has 0 unspecified atom stereocenters. The number of hydrogen-bond donors (Lipinski definition) is 3. The molecule has 3 N–H and O–H groups in total. The lowest BCUT2D eigenvalue weighted by Gasteiger charge is -2.35. The van der Waals surface area contributed by atoms with Gasteiger partial charge < -0.3 is 24.8 Å². The number of hydrogen-bond acceptors (Lipinski definition) is 7. The van der Waals surface area contributed by atoms with Crippen LogP contribution in [0, 0.1) is 6.92 Å². The second-order valence-electron chi connectivity index (χ2n) is 10.7. The van der Waals surface area contributed by atoms with Crippen LogP contribution >= 0.6 is 0 Å². The van der Waals surface area contributed by atoms with E-state index in [0.717, 1.165) is 43.1 Å². The van der Waals surface area contributed by atoms with E-state index in [1.807, 2.05) is 57.2 Å². The Balaban J connectivity index is 1.20. The predicted octanol–water partition coefficient (Wildman–Crippen LogP) is 4.68. The molecule has 0 saturated carbocycles. The number of nitrogens with zero attached hydrogens (tertiary/aromatic N) is 3. The van der Waals surface area contributed by atoms with E-state index in [4.69, 9.17) is 9.47 Å². The zero-order valence-electron chi connectivity index (χ0n) is 23.0. The van der Waals surface area contributed by atoms with Crippen LogP contribution in [-0.4, -0.2) is 82.1 Å². The number of H-pyrrole nitrogens is 1. The molecule has 3 aromatic rings. The topological polar surface area (TPSA) is 120 Å². The van der Waals surface area contributed by atoms with E-state index in [1.165, 1.54) is 5.56 Å². The van der Waals surface area contributed by atoms with Gasteiger partial charge >= 0.3 is 12.1 Å². The van der Waals surface area contributed by atoms with Crippen LogP contribution in [0.5, 0.6) is 5.75 Å². The van der Waals surface area contributed by atoms with Gasteiger partial charge in [0, 0.05) is 38.4 Å². The number of carboxylic acids is 1. The first kappa shape index (κ1) is 28.0. The van der Waals surface area contributed by atoms with Crippen molar-refractivity contribution in [3.8, 4) is 5.75 Å². The summed E-state index contributed by atoms with van der Waals surface area (Å²) in [5.74, 6) is -0.251. The molecule has 2 aromatic carbocycles. The van der Waals surface area contributed by atoms with Crippen molar-refractivity contribution in [2.75, 3.05) is 44.6 Å². The van der Waals surface area contributed by atoms with E-state index < -0.39 is 11.6 Å². The van der Waals surface area contributed by atoms with Crippen LogP contribution in [0.1, 0.15) is 48.1 Å². The molecular formula is C29H37N5O5. The van der Waals surface area contributed by atoms with Gasteiger partial charge in [0.05, 0.1) is 11.4 Å². The smallest absolute Gasteiger partial charge is 0.410 e. The maximum absolute atomic E-state index is 12.2. The molecule has 2 heterocycles. The number of anilines is 2. The van der Waals surface area contributed by atoms with Gasteiger partial charge in [-0.1, -0.05) is 24.3 Å². The van der Waals surface area contributed by atoms with E-state index in [9.17, 15) is 14.7 Å². The SMILES string of the molecule is Cc1[nH]nc(C(=O)O)c1Nc1ccc(Cc2ccc(OCCN3CCN(C(=O)OC(C)(C)C)CC3)cc2)cc1. The van der Waals surface area contributed by atoms with Crippen LogP contribution in [0.25, 0.3) is 0 Å². The maximum Gasteiger partial charge on any atom is 0.410 e. The van der Waals surface area contributed by atoms with Crippen molar-refractivity contribution in [1.29, 1.82) is 0 Å². The fourth-order valence-electron chi connectivity index (χ4n) is 4.30. The van der Waals surface area contributed by atoms with Crippen LogP contribution in [0.4, 0.5) is 16.2 Å². The molecule has 0 bridgehead atoms. The summed E-state index contributed by atoms with van der Waals surface area (Å²) in [6.45, 7) is 11.7. The lowest BCUT2D eigenvalue weighted by Crippen LogP contribution is -2.50. The molecule has 0 radical (unpaired) electrons. The summed E-state index contributed by atoms with van der Waals surface area (Å²) >= 11 is 0. The summed E-state index contributed by atoms with van der Waals surface area (Å²) in [4.78, 5) is 27.6. The Labute approximate surface area is 228 Å². The number of carbonyl (C=O) groups excluding carboxylic acids is 1. The molecule has 1 aliphatic rings. The molecule has 208 valence electrons. The quantitative estimate of drug-likeness (QED) is 0.361. The molecule has 0 aliphatic carbocycles. The standard InChI is InChI=1S/C29H37N5O5/c1-20-25(26(27(35)36)32-31-20)30-23-9-5-21(6-10-23)19-22-7-11-24(12-8-22)38-18-17-33-13-15-34(16-14-33)28(37)39-29(2,3)4/h5-12,30H,13-19H2,1-4H3,(H,31,32)(H,35,36). The summed E-state index contributed by atoms with van der Waals surface area (Å²) in [6, 6.07) is 16.0. The largest absolute Gasteiger partial charge is 0.492 e. The summed E-state index contributed by atoms with van der Waals surface area (Å²) < 4.78 is 11.4. The van der Waals surface area contributed by atoms with Crippen molar-refractivity contribution >= 4 is 23.4 Å². The van der Waals surface area contributed by atoms with E-state index in [0.29, 0.717) is 31.1 Å². The number of amides is 1. The summed E-state index contributed by atoms with van der Waals surface area (Å²) in [7, 11) is 0. The van der Waals surface area contributed by atoms with Crippen molar-refractivity contribution in [2.24, 2.45) is 0 Å². The van der Waals surface area contributed by atoms with Crippen molar-refractivity contribution < 1.29 is 24.2 Å². The Kier molecular flexibility index (Phi) is 8.75. The number of aromatic carboxylic acids is 1. The fraction of sp³-hybridized carbons (Fsp3) is 0.414. The average molecular weight is 536 g/mol. The van der Waals surface area contributed by atoms with Crippen molar-refractivity contribution in [1.82, 2.24) is 20.0 Å². The molecule has 39 heavy (non-hydrogen) atoms. The summed E-state index contributed by atoms with van der Waals surface area (Å²) in [5, 5.41) is 19.0. The first-order valence-corrected chi connectivity index (χ1v) is 13.1. The number of nitrogens with one attached hydrogen (secondary N) is 2. The van der Waals surface area contributed by atoms with Gasteiger partial charge in [0.15, 0.2) is 5.69 Å². The average Bonchev–Trinajstić information content (AvgIpc) is 3.26. The number of benzene rings is 2. The van der Waals surface area contributed by atoms with Gasteiger partial charge in [-0.25, -0.2) is 9.59 Å². The minimum absolute atomic E-state index is 0.0281. The third kappa shape index (κ3) is 7.97. The van der Waals surface area contributed by atoms with Crippen LogP contribution in [0.3, 0.4) is 0 Å². The molecule has 1 aliphatic heterocycles. The van der Waals surface area contributed by atoms with Gasteiger partial charge in [-0.2, -0.15) is 5.10 Å². The van der Waals surface area contributed by atoms with E-state index in [-0.39, 0.29) is 11.8 Å². The van der Waals surface area contributed by atoms with Crippen LogP contribution < -0.4 is 10.1 Å². The van der Waals surface area contributed by atoms with Gasteiger partial charge in [-0.15, -0.1) is 0 Å². The molecule has 1 amide bonds. The molecule has 1 saturated heterocycles. The molecule has 1 fully saturated rings. The molecule has 10 heteroatoms. The number of carboxylic acid groups (broad SMARTS) is 1. The van der Waals surface area contributed by atoms with Crippen molar-refractivity contribution in [3.63, 3.8) is 0 Å². The number of aryl methyl sites for hydroxylation is 1. The Morgan fingerprint density at radius 1 is 1.00 bits per heavy atom. The van der Waals surface area contributed by atoms with E-state index in [1.54, 1.807) is 11.8 Å². The van der Waals surface area contributed by atoms with Crippen molar-refractivity contribution in [2.45, 2.75) is 39.7 Å². The molecule has 10 nitrogen and oxygen atoms in total. The number of aromatic amines is 1. The van der Waals surface area contributed by atoms with Gasteiger partial charge in [-0.3, -0.25) is 10.00 Å². The highest BCUT2D eigenvalue weighted by molar-refractivity contribution is 5.93. The van der Waals surface area contributed by atoms with Crippen LogP contribution in [0.15, 0.2) is 48.5 Å². The number of rotatable bonds is 9. The van der Waals surface area contributed by atoms with Gasteiger partial charge in [0.2, 0.25) is 0 Å². The minimum Gasteiger partial charge on any atom is -0.492 e. The third-order valence-electron chi connectivity index (χ3n) is 6.40. The predicted molar refractivity (Wildman–Crippen MR) is 149 cm³/mol. The van der Waals surface area contributed by atoms with E-state index >= 15 is 0 Å². The minimum atomic E-state index is -1.08. The molecular weight excluding hydrogens is 498 g/mol. The van der Waals surface area contributed by atoms with Crippen LogP contribution in [0.2, 0.25) is 0 Å².